The highest BCUT2D eigenvalue weighted by atomic mass is 32.2. The molecule has 0 N–H and O–H groups in total. The van der Waals surface area contributed by atoms with Gasteiger partial charge in [-0.2, -0.15) is 4.68 Å². The Morgan fingerprint density at radius 3 is 2.67 bits per heavy atom. The zero-order valence-corrected chi connectivity index (χ0v) is 8.81. The molecule has 0 spiro atoms. The monoisotopic (exact) mass is 220 g/mol. The highest BCUT2D eigenvalue weighted by molar-refractivity contribution is 7.98. The average Bonchev–Trinajstić information content (AvgIpc) is 2.77. The molecule has 0 saturated carbocycles. The van der Waals surface area contributed by atoms with Gasteiger partial charge in [-0.15, -0.1) is 5.10 Å². The summed E-state index contributed by atoms with van der Waals surface area (Å²) in [7, 11) is 0. The van der Waals surface area contributed by atoms with Crippen LogP contribution >= 0.6 is 11.8 Å². The fourth-order valence-corrected chi connectivity index (χ4v) is 1.60. The summed E-state index contributed by atoms with van der Waals surface area (Å²) in [5.41, 5.74) is 1.48. The number of thioether (sulfide) groups is 1. The van der Waals surface area contributed by atoms with Crippen molar-refractivity contribution in [1.29, 1.82) is 0 Å². The summed E-state index contributed by atoms with van der Waals surface area (Å²) < 4.78 is 1.62. The van der Waals surface area contributed by atoms with Gasteiger partial charge in [0.05, 0.1) is 5.69 Å². The zero-order valence-electron chi connectivity index (χ0n) is 7.99. The number of carbonyl (C=O) groups is 1. The maximum absolute atomic E-state index is 10.5. The molecule has 1 aromatic heterocycles. The van der Waals surface area contributed by atoms with E-state index in [-0.39, 0.29) is 0 Å². The molecule has 0 fully saturated rings. The van der Waals surface area contributed by atoms with Crippen LogP contribution in [0.15, 0.2) is 29.4 Å². The van der Waals surface area contributed by atoms with Gasteiger partial charge in [0.1, 0.15) is 6.29 Å². The first-order chi connectivity index (χ1) is 7.35. The first kappa shape index (κ1) is 9.85. The molecule has 0 saturated heterocycles. The SMILES string of the molecule is CSc1nnnn1-c1ccc(C=O)cc1. The molecule has 0 atom stereocenters. The van der Waals surface area contributed by atoms with E-state index < -0.39 is 0 Å². The lowest BCUT2D eigenvalue weighted by atomic mass is 10.2. The molecule has 0 aliphatic heterocycles. The van der Waals surface area contributed by atoms with Crippen LogP contribution < -0.4 is 0 Å². The van der Waals surface area contributed by atoms with Crippen LogP contribution in [-0.2, 0) is 0 Å². The highest BCUT2D eigenvalue weighted by Crippen LogP contribution is 2.15. The summed E-state index contributed by atoms with van der Waals surface area (Å²) in [5.74, 6) is 0. The van der Waals surface area contributed by atoms with Gasteiger partial charge < -0.3 is 0 Å². The number of benzene rings is 1. The van der Waals surface area contributed by atoms with Gasteiger partial charge in [0.2, 0.25) is 5.16 Å². The van der Waals surface area contributed by atoms with E-state index in [4.69, 9.17) is 0 Å². The van der Waals surface area contributed by atoms with Crippen molar-refractivity contribution in [1.82, 2.24) is 20.2 Å². The molecule has 1 aromatic carbocycles. The van der Waals surface area contributed by atoms with Gasteiger partial charge in [-0.25, -0.2) is 0 Å². The Hall–Kier alpha value is -1.69. The third kappa shape index (κ3) is 1.89. The Labute approximate surface area is 90.5 Å². The molecular formula is C9H8N4OS. The molecule has 1 heterocycles. The molecule has 0 unspecified atom stereocenters. The second-order valence-electron chi connectivity index (χ2n) is 2.79. The number of carbonyl (C=O) groups excluding carboxylic acids is 1. The van der Waals surface area contributed by atoms with Crippen LogP contribution in [0.4, 0.5) is 0 Å². The van der Waals surface area contributed by atoms with Crippen molar-refractivity contribution < 1.29 is 4.79 Å². The first-order valence-electron chi connectivity index (χ1n) is 4.23. The van der Waals surface area contributed by atoms with Crippen molar-refractivity contribution in [3.05, 3.63) is 29.8 Å². The largest absolute Gasteiger partial charge is 0.298 e. The van der Waals surface area contributed by atoms with E-state index in [0.29, 0.717) is 10.7 Å². The molecule has 15 heavy (non-hydrogen) atoms. The molecule has 2 rings (SSSR count). The van der Waals surface area contributed by atoms with E-state index in [1.165, 1.54) is 11.8 Å². The van der Waals surface area contributed by atoms with E-state index in [1.54, 1.807) is 28.9 Å². The van der Waals surface area contributed by atoms with Crippen molar-refractivity contribution in [2.24, 2.45) is 0 Å². The van der Waals surface area contributed by atoms with Crippen molar-refractivity contribution in [2.45, 2.75) is 5.16 Å². The number of tetrazole rings is 1. The summed E-state index contributed by atoms with van der Waals surface area (Å²) in [6.45, 7) is 0. The van der Waals surface area contributed by atoms with Crippen molar-refractivity contribution in [2.75, 3.05) is 6.26 Å². The van der Waals surface area contributed by atoms with E-state index >= 15 is 0 Å². The van der Waals surface area contributed by atoms with Gasteiger partial charge in [0, 0.05) is 5.56 Å². The minimum atomic E-state index is 0.637. The number of rotatable bonds is 3. The summed E-state index contributed by atoms with van der Waals surface area (Å²) in [5, 5.41) is 12.0. The third-order valence-corrected chi connectivity index (χ3v) is 2.52. The van der Waals surface area contributed by atoms with Crippen LogP contribution in [0, 0.1) is 0 Å². The molecular weight excluding hydrogens is 212 g/mol. The van der Waals surface area contributed by atoms with Gasteiger partial charge in [-0.05, 0) is 40.9 Å². The molecule has 5 nitrogen and oxygen atoms in total. The minimum absolute atomic E-state index is 0.637. The standard InChI is InChI=1S/C9H8N4OS/c1-15-9-10-11-12-13(9)8-4-2-7(6-14)3-5-8/h2-6H,1H3. The van der Waals surface area contributed by atoms with Crippen molar-refractivity contribution in [3.8, 4) is 5.69 Å². The second-order valence-corrected chi connectivity index (χ2v) is 3.56. The summed E-state index contributed by atoms with van der Waals surface area (Å²) in [6, 6.07) is 7.07. The Morgan fingerprint density at radius 1 is 1.33 bits per heavy atom. The number of nitrogens with zero attached hydrogens (tertiary/aromatic N) is 4. The molecule has 6 heteroatoms. The fourth-order valence-electron chi connectivity index (χ4n) is 1.16. The van der Waals surface area contributed by atoms with Crippen LogP contribution in [0.2, 0.25) is 0 Å². The van der Waals surface area contributed by atoms with Gasteiger partial charge in [0.25, 0.3) is 0 Å². The topological polar surface area (TPSA) is 60.7 Å². The lowest BCUT2D eigenvalue weighted by molar-refractivity contribution is 0.112. The number of hydrogen-bond acceptors (Lipinski definition) is 5. The fraction of sp³-hybridized carbons (Fsp3) is 0.111. The Balaban J connectivity index is 2.41. The van der Waals surface area contributed by atoms with Gasteiger partial charge >= 0.3 is 0 Å². The van der Waals surface area contributed by atoms with Crippen LogP contribution in [0.3, 0.4) is 0 Å². The Morgan fingerprint density at radius 2 is 2.07 bits per heavy atom. The summed E-state index contributed by atoms with van der Waals surface area (Å²) in [6.07, 6.45) is 2.71. The highest BCUT2D eigenvalue weighted by Gasteiger charge is 2.05. The van der Waals surface area contributed by atoms with E-state index in [9.17, 15) is 4.79 Å². The first-order valence-corrected chi connectivity index (χ1v) is 5.45. The maximum atomic E-state index is 10.5. The third-order valence-electron chi connectivity index (χ3n) is 1.90. The summed E-state index contributed by atoms with van der Waals surface area (Å²) in [4.78, 5) is 10.5. The minimum Gasteiger partial charge on any atom is -0.298 e. The van der Waals surface area contributed by atoms with E-state index in [0.717, 1.165) is 12.0 Å². The van der Waals surface area contributed by atoms with E-state index in [1.807, 2.05) is 6.26 Å². The maximum Gasteiger partial charge on any atom is 0.213 e. The van der Waals surface area contributed by atoms with Gasteiger partial charge in [-0.1, -0.05) is 11.8 Å². The molecule has 0 aliphatic rings. The second kappa shape index (κ2) is 4.22. The average molecular weight is 220 g/mol. The van der Waals surface area contributed by atoms with E-state index in [2.05, 4.69) is 15.5 Å². The lowest BCUT2D eigenvalue weighted by Gasteiger charge is -2.01. The smallest absolute Gasteiger partial charge is 0.213 e. The van der Waals surface area contributed by atoms with Crippen LogP contribution in [-0.4, -0.2) is 32.7 Å². The predicted octanol–water partition coefficient (Wildman–Crippen LogP) is 1.20. The molecule has 0 amide bonds. The van der Waals surface area contributed by atoms with Crippen LogP contribution in [0.1, 0.15) is 10.4 Å². The van der Waals surface area contributed by atoms with Crippen molar-refractivity contribution in [3.63, 3.8) is 0 Å². The molecule has 0 aliphatic carbocycles. The predicted molar refractivity (Wildman–Crippen MR) is 56.3 cm³/mol. The number of hydrogen-bond donors (Lipinski definition) is 0. The molecule has 0 bridgehead atoms. The quantitative estimate of drug-likeness (QED) is 0.574. The molecule has 0 radical (unpaired) electrons. The molecule has 76 valence electrons. The van der Waals surface area contributed by atoms with Crippen LogP contribution in [0.5, 0.6) is 0 Å². The summed E-state index contributed by atoms with van der Waals surface area (Å²) >= 11 is 1.46. The van der Waals surface area contributed by atoms with Crippen LogP contribution in [0.25, 0.3) is 5.69 Å². The zero-order chi connectivity index (χ0) is 10.7. The van der Waals surface area contributed by atoms with Gasteiger partial charge in [0.15, 0.2) is 0 Å². The normalized spacial score (nSPS) is 10.2. The molecule has 2 aromatic rings. The van der Waals surface area contributed by atoms with Gasteiger partial charge in [-0.3, -0.25) is 4.79 Å². The van der Waals surface area contributed by atoms with Crippen molar-refractivity contribution >= 4 is 18.0 Å². The number of aromatic nitrogens is 4. The Kier molecular flexibility index (Phi) is 2.77. The number of aldehydes is 1. The lowest BCUT2D eigenvalue weighted by Crippen LogP contribution is -1.98. The Bertz CT molecular complexity index is 465.